The van der Waals surface area contributed by atoms with E-state index in [9.17, 15) is 8.78 Å². The summed E-state index contributed by atoms with van der Waals surface area (Å²) in [5.41, 5.74) is 13.9. The molecule has 7 nitrogen and oxygen atoms in total. The highest BCUT2D eigenvalue weighted by molar-refractivity contribution is 5.93. The quantitative estimate of drug-likeness (QED) is 0.430. The molecule has 0 bridgehead atoms. The maximum absolute atomic E-state index is 14.8. The maximum Gasteiger partial charge on any atom is 0.184 e. The third-order valence-corrected chi connectivity index (χ3v) is 5.88. The highest BCUT2D eigenvalue weighted by Gasteiger charge is 2.22. The number of halogens is 2. The maximum atomic E-state index is 14.8. The Balaban J connectivity index is 1.58. The van der Waals surface area contributed by atoms with E-state index in [-0.39, 0.29) is 35.3 Å². The van der Waals surface area contributed by atoms with Gasteiger partial charge in [0.25, 0.3) is 0 Å². The van der Waals surface area contributed by atoms with E-state index in [2.05, 4.69) is 20.4 Å². The Hall–Kier alpha value is -3.75. The van der Waals surface area contributed by atoms with Crippen LogP contribution in [0.15, 0.2) is 42.5 Å². The number of benzene rings is 2. The van der Waals surface area contributed by atoms with Gasteiger partial charge in [0.05, 0.1) is 6.54 Å². The van der Waals surface area contributed by atoms with Crippen LogP contribution < -0.4 is 16.8 Å². The monoisotopic (exact) mass is 435 g/mol. The van der Waals surface area contributed by atoms with E-state index in [0.29, 0.717) is 28.4 Å². The molecule has 2 aromatic heterocycles. The topological polar surface area (TPSA) is 108 Å². The summed E-state index contributed by atoms with van der Waals surface area (Å²) in [6.45, 7) is 0.0520. The van der Waals surface area contributed by atoms with Gasteiger partial charge >= 0.3 is 0 Å². The molecule has 2 heterocycles. The van der Waals surface area contributed by atoms with Crippen molar-refractivity contribution in [2.75, 3.05) is 16.8 Å². The third-order valence-electron chi connectivity index (χ3n) is 5.88. The number of nitrogens with one attached hydrogen (secondary N) is 1. The minimum absolute atomic E-state index is 0.0520. The lowest BCUT2D eigenvalue weighted by Crippen LogP contribution is -2.18. The first-order valence-corrected chi connectivity index (χ1v) is 10.6. The molecule has 0 atom stereocenters. The Kier molecular flexibility index (Phi) is 5.08. The van der Waals surface area contributed by atoms with Crippen LogP contribution in [-0.4, -0.2) is 25.8 Å². The van der Waals surface area contributed by atoms with E-state index in [0.717, 1.165) is 25.7 Å². The molecule has 1 aliphatic rings. The summed E-state index contributed by atoms with van der Waals surface area (Å²) in [5, 5.41) is 8.37. The molecule has 1 saturated carbocycles. The molecule has 0 aliphatic heterocycles. The predicted octanol–water partition coefficient (Wildman–Crippen LogP) is 4.34. The summed E-state index contributed by atoms with van der Waals surface area (Å²) in [6, 6.07) is 11.3. The summed E-state index contributed by atoms with van der Waals surface area (Å²) >= 11 is 0. The minimum Gasteiger partial charge on any atom is -0.382 e. The van der Waals surface area contributed by atoms with Gasteiger partial charge in [-0.3, -0.25) is 4.68 Å². The summed E-state index contributed by atoms with van der Waals surface area (Å²) in [5.74, 6) is -0.237. The van der Waals surface area contributed by atoms with Crippen molar-refractivity contribution >= 4 is 28.2 Å². The standard InChI is InChI=1S/C23H23F2N7/c24-16-10-4-1-6-13(16)12-32-20-15(9-5-11-17(20)25)18(31-32)23-29-21(26)19(22(27)30-23)28-14-7-2-3-8-14/h1,4-6,9-11,14,28H,2-3,7-8,12H2,(H4,26,27,29,30). The molecule has 2 aromatic carbocycles. The van der Waals surface area contributed by atoms with E-state index in [4.69, 9.17) is 11.5 Å². The van der Waals surface area contributed by atoms with Crippen molar-refractivity contribution in [3.05, 3.63) is 59.7 Å². The normalized spacial score (nSPS) is 14.3. The molecular formula is C23H23F2N7. The number of hydrogen-bond acceptors (Lipinski definition) is 6. The lowest BCUT2D eigenvalue weighted by atomic mass is 10.1. The van der Waals surface area contributed by atoms with Crippen LogP contribution in [0.3, 0.4) is 0 Å². The largest absolute Gasteiger partial charge is 0.382 e. The number of nitrogen functional groups attached to an aromatic ring is 2. The van der Waals surface area contributed by atoms with Crippen molar-refractivity contribution in [2.45, 2.75) is 38.3 Å². The zero-order valence-electron chi connectivity index (χ0n) is 17.4. The lowest BCUT2D eigenvalue weighted by Gasteiger charge is -2.16. The molecule has 0 spiro atoms. The summed E-state index contributed by atoms with van der Waals surface area (Å²) in [6.07, 6.45) is 4.41. The SMILES string of the molecule is Nc1nc(-c2nn(Cc3ccccc3F)c3c(F)cccc23)nc(N)c1NC1CCCC1. The van der Waals surface area contributed by atoms with Gasteiger partial charge in [-0.15, -0.1) is 0 Å². The Morgan fingerprint density at radius 2 is 1.62 bits per heavy atom. The first-order chi connectivity index (χ1) is 15.5. The fraction of sp³-hybridized carbons (Fsp3) is 0.261. The first kappa shape index (κ1) is 20.2. The second-order valence-corrected chi connectivity index (χ2v) is 8.05. The Morgan fingerprint density at radius 1 is 0.938 bits per heavy atom. The molecule has 1 aliphatic carbocycles. The zero-order chi connectivity index (χ0) is 22.2. The average molecular weight is 435 g/mol. The van der Waals surface area contributed by atoms with Crippen LogP contribution in [0.4, 0.5) is 26.1 Å². The van der Waals surface area contributed by atoms with Gasteiger partial charge in [-0.05, 0) is 25.0 Å². The van der Waals surface area contributed by atoms with Gasteiger partial charge in [0.1, 0.15) is 28.5 Å². The number of para-hydroxylation sites is 1. The van der Waals surface area contributed by atoms with Gasteiger partial charge in [-0.2, -0.15) is 5.10 Å². The van der Waals surface area contributed by atoms with Crippen molar-refractivity contribution in [2.24, 2.45) is 0 Å². The zero-order valence-corrected chi connectivity index (χ0v) is 17.4. The second kappa shape index (κ2) is 8.07. The van der Waals surface area contributed by atoms with Gasteiger partial charge < -0.3 is 16.8 Å². The number of nitrogens with zero attached hydrogens (tertiary/aromatic N) is 4. The van der Waals surface area contributed by atoms with Crippen molar-refractivity contribution in [3.8, 4) is 11.5 Å². The molecular weight excluding hydrogens is 412 g/mol. The average Bonchev–Trinajstić information content (AvgIpc) is 3.41. The molecule has 1 fully saturated rings. The molecule has 0 amide bonds. The van der Waals surface area contributed by atoms with Gasteiger partial charge in [0.2, 0.25) is 0 Å². The van der Waals surface area contributed by atoms with Crippen LogP contribution in [0.5, 0.6) is 0 Å². The first-order valence-electron chi connectivity index (χ1n) is 10.6. The Morgan fingerprint density at radius 3 is 2.34 bits per heavy atom. The number of anilines is 3. The fourth-order valence-electron chi connectivity index (χ4n) is 4.29. The van der Waals surface area contributed by atoms with E-state index in [1.165, 1.54) is 16.8 Å². The Labute approximate surface area is 183 Å². The van der Waals surface area contributed by atoms with Crippen LogP contribution in [-0.2, 0) is 6.54 Å². The molecule has 5 rings (SSSR count). The minimum atomic E-state index is -0.474. The molecule has 32 heavy (non-hydrogen) atoms. The van der Waals surface area contributed by atoms with Crippen molar-refractivity contribution in [1.29, 1.82) is 0 Å². The van der Waals surface area contributed by atoms with Crippen molar-refractivity contribution in [1.82, 2.24) is 19.7 Å². The summed E-state index contributed by atoms with van der Waals surface area (Å²) in [4.78, 5) is 8.83. The van der Waals surface area contributed by atoms with Gasteiger partial charge in [-0.25, -0.2) is 18.7 Å². The van der Waals surface area contributed by atoms with E-state index in [1.54, 1.807) is 30.3 Å². The molecule has 5 N–H and O–H groups in total. The molecule has 9 heteroatoms. The number of nitrogens with two attached hydrogens (primary N) is 2. The van der Waals surface area contributed by atoms with E-state index < -0.39 is 5.82 Å². The summed E-state index contributed by atoms with van der Waals surface area (Å²) in [7, 11) is 0. The van der Waals surface area contributed by atoms with Crippen molar-refractivity contribution < 1.29 is 8.78 Å². The lowest BCUT2D eigenvalue weighted by molar-refractivity contribution is 0.581. The van der Waals surface area contributed by atoms with Crippen LogP contribution >= 0.6 is 0 Å². The third kappa shape index (κ3) is 3.59. The van der Waals surface area contributed by atoms with Crippen molar-refractivity contribution in [3.63, 3.8) is 0 Å². The number of aromatic nitrogens is 4. The molecule has 4 aromatic rings. The highest BCUT2D eigenvalue weighted by Crippen LogP contribution is 2.33. The molecule has 0 unspecified atom stereocenters. The highest BCUT2D eigenvalue weighted by atomic mass is 19.1. The van der Waals surface area contributed by atoms with Crippen LogP contribution in [0, 0.1) is 11.6 Å². The van der Waals surface area contributed by atoms with Gasteiger partial charge in [-0.1, -0.05) is 43.2 Å². The summed E-state index contributed by atoms with van der Waals surface area (Å²) < 4.78 is 30.4. The molecule has 164 valence electrons. The fourth-order valence-corrected chi connectivity index (χ4v) is 4.29. The number of fused-ring (bicyclic) bond motifs is 1. The van der Waals surface area contributed by atoms with Gasteiger partial charge in [0, 0.05) is 17.0 Å². The second-order valence-electron chi connectivity index (χ2n) is 8.05. The molecule has 0 radical (unpaired) electrons. The molecule has 0 saturated heterocycles. The van der Waals surface area contributed by atoms with E-state index >= 15 is 0 Å². The van der Waals surface area contributed by atoms with Crippen LogP contribution in [0.2, 0.25) is 0 Å². The number of hydrogen-bond donors (Lipinski definition) is 3. The number of rotatable bonds is 5. The Bertz CT molecular complexity index is 1270. The smallest absolute Gasteiger partial charge is 0.184 e. The van der Waals surface area contributed by atoms with Crippen LogP contribution in [0.1, 0.15) is 31.2 Å². The van der Waals surface area contributed by atoms with Crippen LogP contribution in [0.25, 0.3) is 22.4 Å². The van der Waals surface area contributed by atoms with E-state index in [1.807, 2.05) is 0 Å². The van der Waals surface area contributed by atoms with Gasteiger partial charge in [0.15, 0.2) is 17.5 Å². The predicted molar refractivity (Wildman–Crippen MR) is 121 cm³/mol.